The zero-order chi connectivity index (χ0) is 63.5. The van der Waals surface area contributed by atoms with Crippen LogP contribution in [-0.2, 0) is 31.9 Å². The van der Waals surface area contributed by atoms with Crippen molar-refractivity contribution < 1.29 is 52.2 Å². The Hall–Kier alpha value is -6.35. The van der Waals surface area contributed by atoms with Crippen molar-refractivity contribution >= 4 is 11.0 Å². The number of hydrogen-bond donors (Lipinski definition) is 1. The van der Waals surface area contributed by atoms with E-state index >= 15 is 0 Å². The van der Waals surface area contributed by atoms with E-state index in [-0.39, 0.29) is 60.9 Å². The summed E-state index contributed by atoms with van der Waals surface area (Å²) in [5.41, 5.74) is 0.479. The monoisotopic (exact) mass is 1090 g/mol. The molecule has 0 unspecified atom stereocenters. The average Bonchev–Trinajstić information content (AvgIpc) is 0.992. The minimum Gasteiger partial charge on any atom is -0.507 e. The molecule has 5 heteroatoms. The van der Waals surface area contributed by atoms with Gasteiger partial charge in [-0.05, 0) is 115 Å². The summed E-state index contributed by atoms with van der Waals surface area (Å²) in [6.45, 7) is -0.0341. The van der Waals surface area contributed by atoms with E-state index in [0.717, 1.165) is 11.1 Å². The molecule has 0 saturated heterocycles. The Balaban J connectivity index is 0.00000982. The summed E-state index contributed by atoms with van der Waals surface area (Å²) in [5.74, 6) is 0.178. The number of nitrogens with zero attached hydrogens (tertiary/aromatic N) is 3. The van der Waals surface area contributed by atoms with E-state index in [1.807, 2.05) is 97.3 Å². The first-order valence-corrected chi connectivity index (χ1v) is 22.2. The number of hydrogen-bond acceptors (Lipinski definition) is 3. The molecule has 2 heterocycles. The average molecular weight is 1090 g/mol. The quantitative estimate of drug-likeness (QED) is 0.147. The number of imidazole rings is 1. The second-order valence-electron chi connectivity index (χ2n) is 18.5. The first-order chi connectivity index (χ1) is 39.8. The van der Waals surface area contributed by atoms with Crippen molar-refractivity contribution in [3.05, 3.63) is 192 Å². The van der Waals surface area contributed by atoms with Crippen molar-refractivity contribution in [3.8, 4) is 78.6 Å². The molecule has 9 rings (SSSR count). The van der Waals surface area contributed by atoms with Gasteiger partial charge in [0.25, 0.3) is 0 Å². The van der Waals surface area contributed by atoms with Crippen LogP contribution in [0.5, 0.6) is 5.75 Å². The van der Waals surface area contributed by atoms with Crippen LogP contribution in [0.2, 0.25) is 0 Å². The molecule has 2 aromatic heterocycles. The van der Waals surface area contributed by atoms with E-state index in [2.05, 4.69) is 45.7 Å². The zero-order valence-corrected chi connectivity index (χ0v) is 41.0. The van der Waals surface area contributed by atoms with Gasteiger partial charge in [0.1, 0.15) is 11.6 Å². The summed E-state index contributed by atoms with van der Waals surface area (Å²) in [7, 11) is 0. The Morgan fingerprint density at radius 2 is 1.34 bits per heavy atom. The van der Waals surface area contributed by atoms with Crippen LogP contribution in [0.15, 0.2) is 158 Å². The Morgan fingerprint density at radius 1 is 0.632 bits per heavy atom. The number of rotatable bonds is 9. The summed E-state index contributed by atoms with van der Waals surface area (Å²) in [6.07, 6.45) is -0.787. The number of aromatic nitrogens is 3. The van der Waals surface area contributed by atoms with E-state index < -0.39 is 91.9 Å². The maximum absolute atomic E-state index is 12.5. The summed E-state index contributed by atoms with van der Waals surface area (Å²) in [4.78, 5) is 9.72. The number of benzene rings is 7. The zero-order valence-electron chi connectivity index (χ0n) is 57.7. The van der Waals surface area contributed by atoms with Gasteiger partial charge in [0.05, 0.1) is 31.9 Å². The molecular formula is C63H62N3OPt-. The maximum atomic E-state index is 12.5. The van der Waals surface area contributed by atoms with Crippen molar-refractivity contribution in [1.29, 1.82) is 0 Å². The minimum atomic E-state index is -3.95. The fourth-order valence-corrected chi connectivity index (χ4v) is 8.34. The van der Waals surface area contributed by atoms with Gasteiger partial charge in [-0.15, -0.1) is 29.8 Å². The third kappa shape index (κ3) is 9.41. The number of phenols is 1. The van der Waals surface area contributed by atoms with Crippen molar-refractivity contribution in [1.82, 2.24) is 14.5 Å². The molecule has 0 aliphatic rings. The van der Waals surface area contributed by atoms with Crippen molar-refractivity contribution in [3.63, 3.8) is 0 Å². The first kappa shape index (κ1) is 29.5. The van der Waals surface area contributed by atoms with Gasteiger partial charge in [-0.1, -0.05) is 183 Å². The van der Waals surface area contributed by atoms with E-state index in [1.165, 1.54) is 6.07 Å². The second kappa shape index (κ2) is 19.0. The van der Waals surface area contributed by atoms with Gasteiger partial charge in [0.2, 0.25) is 0 Å². The summed E-state index contributed by atoms with van der Waals surface area (Å²) in [6, 6.07) is 31.7. The van der Waals surface area contributed by atoms with Gasteiger partial charge < -0.3 is 5.11 Å². The number of pyridine rings is 1. The Bertz CT molecular complexity index is 4070. The fourth-order valence-electron chi connectivity index (χ4n) is 8.34. The Kier molecular flexibility index (Phi) is 8.24. The van der Waals surface area contributed by atoms with Crippen LogP contribution in [0.4, 0.5) is 0 Å². The van der Waals surface area contributed by atoms with E-state index in [4.69, 9.17) is 29.7 Å². The molecule has 0 fully saturated rings. The summed E-state index contributed by atoms with van der Waals surface area (Å²) >= 11 is 0. The molecular weight excluding hydrogens is 1010 g/mol. The van der Waals surface area contributed by atoms with Crippen LogP contribution in [0.3, 0.4) is 0 Å². The molecule has 0 saturated carbocycles. The smallest absolute Gasteiger partial charge is 0.148 e. The molecule has 0 radical (unpaired) electrons. The summed E-state index contributed by atoms with van der Waals surface area (Å²) < 4.78 is 167. The molecule has 4 nitrogen and oxygen atoms in total. The van der Waals surface area contributed by atoms with Crippen LogP contribution < -0.4 is 0 Å². The van der Waals surface area contributed by atoms with Gasteiger partial charge in [0, 0.05) is 54.9 Å². The predicted molar refractivity (Wildman–Crippen MR) is 282 cm³/mol. The van der Waals surface area contributed by atoms with Gasteiger partial charge in [0.15, 0.2) is 0 Å². The molecule has 68 heavy (non-hydrogen) atoms. The first-order valence-electron chi connectivity index (χ1n) is 31.7. The molecule has 0 aliphatic heterocycles. The van der Waals surface area contributed by atoms with Crippen molar-refractivity contribution in [2.24, 2.45) is 0 Å². The van der Waals surface area contributed by atoms with Gasteiger partial charge in [-0.25, -0.2) is 4.98 Å². The van der Waals surface area contributed by atoms with Gasteiger partial charge >= 0.3 is 0 Å². The van der Waals surface area contributed by atoms with E-state index in [0.29, 0.717) is 67.1 Å². The number of aromatic hydroxyl groups is 1. The van der Waals surface area contributed by atoms with Crippen LogP contribution >= 0.6 is 0 Å². The molecule has 346 valence electrons. The molecule has 0 amide bonds. The third-order valence-electron chi connectivity index (χ3n) is 12.1. The molecule has 0 aliphatic carbocycles. The number of para-hydroxylation sites is 1. The van der Waals surface area contributed by atoms with E-state index in [9.17, 15) is 6.48 Å². The van der Waals surface area contributed by atoms with Crippen LogP contribution in [0, 0.1) is 12.9 Å². The number of aryl methyl sites for hydroxylation is 1. The van der Waals surface area contributed by atoms with Crippen LogP contribution in [0.1, 0.15) is 135 Å². The second-order valence-corrected chi connectivity index (χ2v) is 18.5. The standard InChI is InChI=1S/C63H62N3O.Pt/c1-39(2)48-35-52(40(3)4)60(67)55(36-48)61-65-59-51(46-19-15-20-47(34-46)56-37-45(31-32-64-56)42-23-27-49(28-24-42)62(6,7)8)21-16-22-57(59)66(61)58-38-53(43-17-13-12-14-18-43)41(5)33-54(58)44-25-29-50(30-26-44)63(9,10)11;/h12-33,35-40,67H,1-11H3;/q-1;/i5D3,6D3,7D3,8D3,23D,24D,27D,28D,31D,32D,37D;. The molecule has 0 atom stereocenters. The molecule has 0 spiro atoms. The Morgan fingerprint density at radius 3 is 2.01 bits per heavy atom. The number of phenolic OH excluding ortho intramolecular Hbond substituents is 1. The fraction of sp³-hybridized carbons (Fsp3) is 0.238. The molecule has 0 bridgehead atoms. The Labute approximate surface area is 445 Å². The predicted octanol–water partition coefficient (Wildman–Crippen LogP) is 17.1. The molecule has 9 aromatic rings. The molecule has 1 N–H and O–H groups in total. The largest absolute Gasteiger partial charge is 0.507 e. The van der Waals surface area contributed by atoms with E-state index in [1.54, 1.807) is 30.3 Å². The van der Waals surface area contributed by atoms with Crippen molar-refractivity contribution in [2.75, 3.05) is 0 Å². The van der Waals surface area contributed by atoms with Crippen LogP contribution in [0.25, 0.3) is 83.9 Å². The number of fused-ring (bicyclic) bond motifs is 1. The van der Waals surface area contributed by atoms with Gasteiger partial charge in [-0.3, -0.25) is 9.55 Å². The topological polar surface area (TPSA) is 50.9 Å². The molecule has 7 aromatic carbocycles. The SMILES string of the molecule is [2H]c1nc(-c2[c-]c(-c3cccc4c3nc(-c3cc(C(C)C)cc(C(C)C)c3O)n4-c3cc(-c4ccccc4)c(C([2H])([2H])[2H])cc3-c3ccc(C(C)(C)C)cc3)ccc2)c([2H])c(-c2c([2H])c([2H])c(C(C([2H])([2H])[2H])(C([2H])([2H])[2H])C([2H])([2H])[2H])c([2H])c2[2H])c1[2H].[Pt]. The normalized spacial score (nSPS) is 16.8. The van der Waals surface area contributed by atoms with Gasteiger partial charge in [-0.2, -0.15) is 0 Å². The summed E-state index contributed by atoms with van der Waals surface area (Å²) in [5, 5.41) is 12.5. The van der Waals surface area contributed by atoms with Crippen molar-refractivity contribution in [2.45, 2.75) is 98.5 Å². The minimum absolute atomic E-state index is 0. The van der Waals surface area contributed by atoms with Crippen LogP contribution in [-0.4, -0.2) is 19.6 Å². The maximum Gasteiger partial charge on any atom is 0.148 e. The third-order valence-corrected chi connectivity index (χ3v) is 12.1.